The number of hydrogen-bond acceptors (Lipinski definition) is 8. The normalized spacial score (nSPS) is 24.2. The molecular weight excluding hydrogens is 480 g/mol. The first-order valence-corrected chi connectivity index (χ1v) is 14.0. The Labute approximate surface area is 222 Å². The monoisotopic (exact) mass is 514 g/mol. The van der Waals surface area contributed by atoms with Crippen LogP contribution in [0.15, 0.2) is 30.6 Å². The summed E-state index contributed by atoms with van der Waals surface area (Å²) in [5.74, 6) is 2.72. The van der Waals surface area contributed by atoms with E-state index in [4.69, 9.17) is 4.98 Å². The molecule has 2 aliphatic carbocycles. The molecule has 2 aromatic rings. The SMILES string of the molecule is O=C1NCC2(CCCC2)N2c3nc(Nc4ccc(C(=O)N5CCN(CC6CC6)CC5)cn4)ncc3C=CC12. The van der Waals surface area contributed by atoms with E-state index in [0.717, 1.165) is 69.2 Å². The van der Waals surface area contributed by atoms with Gasteiger partial charge in [0, 0.05) is 57.2 Å². The first kappa shape index (κ1) is 23.6. The molecule has 1 atom stereocenters. The Hall–Kier alpha value is -3.53. The van der Waals surface area contributed by atoms with Crippen molar-refractivity contribution in [2.75, 3.05) is 49.5 Å². The summed E-state index contributed by atoms with van der Waals surface area (Å²) in [6.07, 6.45) is 14.4. The van der Waals surface area contributed by atoms with Crippen LogP contribution in [0.3, 0.4) is 0 Å². The molecule has 3 aliphatic heterocycles. The van der Waals surface area contributed by atoms with Gasteiger partial charge in [0.2, 0.25) is 11.9 Å². The number of anilines is 3. The topological polar surface area (TPSA) is 107 Å². The van der Waals surface area contributed by atoms with Gasteiger partial charge in [0.1, 0.15) is 17.7 Å². The molecule has 1 unspecified atom stereocenters. The number of fused-ring (bicyclic) bond motifs is 4. The maximum Gasteiger partial charge on any atom is 0.255 e. The third-order valence-electron chi connectivity index (χ3n) is 8.79. The van der Waals surface area contributed by atoms with E-state index in [9.17, 15) is 9.59 Å². The molecule has 5 heterocycles. The van der Waals surface area contributed by atoms with Gasteiger partial charge >= 0.3 is 0 Å². The molecule has 7 rings (SSSR count). The van der Waals surface area contributed by atoms with Crippen molar-refractivity contribution in [3.8, 4) is 0 Å². The molecule has 10 heteroatoms. The van der Waals surface area contributed by atoms with Crippen molar-refractivity contribution in [3.05, 3.63) is 41.7 Å². The van der Waals surface area contributed by atoms with E-state index in [1.807, 2.05) is 23.1 Å². The Kier molecular flexibility index (Phi) is 5.79. The maximum absolute atomic E-state index is 13.0. The van der Waals surface area contributed by atoms with Crippen LogP contribution in [-0.4, -0.2) is 87.4 Å². The Bertz CT molecular complexity index is 1260. The lowest BCUT2D eigenvalue weighted by Crippen LogP contribution is -2.67. The van der Waals surface area contributed by atoms with E-state index in [1.165, 1.54) is 19.4 Å². The van der Waals surface area contributed by atoms with Crippen LogP contribution in [0.25, 0.3) is 6.08 Å². The summed E-state index contributed by atoms with van der Waals surface area (Å²) in [4.78, 5) is 46.2. The number of amides is 2. The molecule has 1 spiro atoms. The highest BCUT2D eigenvalue weighted by Gasteiger charge is 2.50. The van der Waals surface area contributed by atoms with E-state index in [1.54, 1.807) is 18.5 Å². The third kappa shape index (κ3) is 4.30. The molecule has 2 amide bonds. The van der Waals surface area contributed by atoms with E-state index < -0.39 is 0 Å². The summed E-state index contributed by atoms with van der Waals surface area (Å²) >= 11 is 0. The first-order valence-electron chi connectivity index (χ1n) is 14.0. The molecule has 0 radical (unpaired) electrons. The molecule has 4 fully saturated rings. The molecule has 5 aliphatic rings. The van der Waals surface area contributed by atoms with E-state index in [-0.39, 0.29) is 23.4 Å². The van der Waals surface area contributed by atoms with E-state index >= 15 is 0 Å². The molecule has 10 nitrogen and oxygen atoms in total. The Morgan fingerprint density at radius 1 is 1.08 bits per heavy atom. The van der Waals surface area contributed by atoms with E-state index in [2.05, 4.69) is 30.4 Å². The van der Waals surface area contributed by atoms with Crippen LogP contribution in [0.5, 0.6) is 0 Å². The summed E-state index contributed by atoms with van der Waals surface area (Å²) < 4.78 is 0. The van der Waals surface area contributed by atoms with Gasteiger partial charge in [-0.05, 0) is 43.7 Å². The number of rotatable bonds is 5. The first-order chi connectivity index (χ1) is 18.6. The van der Waals surface area contributed by atoms with Gasteiger partial charge in [-0.3, -0.25) is 14.5 Å². The zero-order chi connectivity index (χ0) is 25.7. The second-order valence-electron chi connectivity index (χ2n) is 11.4. The molecule has 2 N–H and O–H groups in total. The quantitative estimate of drug-likeness (QED) is 0.627. The number of aromatic nitrogens is 3. The van der Waals surface area contributed by atoms with Gasteiger partial charge in [-0.1, -0.05) is 25.0 Å². The van der Waals surface area contributed by atoms with Crippen molar-refractivity contribution in [1.82, 2.24) is 30.1 Å². The second-order valence-corrected chi connectivity index (χ2v) is 11.4. The Morgan fingerprint density at radius 3 is 2.63 bits per heavy atom. The maximum atomic E-state index is 13.0. The molecule has 2 aromatic heterocycles. The molecule has 38 heavy (non-hydrogen) atoms. The molecule has 2 saturated carbocycles. The van der Waals surface area contributed by atoms with Gasteiger partial charge < -0.3 is 20.4 Å². The van der Waals surface area contributed by atoms with Gasteiger partial charge in [0.15, 0.2) is 0 Å². The summed E-state index contributed by atoms with van der Waals surface area (Å²) in [7, 11) is 0. The van der Waals surface area contributed by atoms with Crippen molar-refractivity contribution in [3.63, 3.8) is 0 Å². The summed E-state index contributed by atoms with van der Waals surface area (Å²) in [5, 5.41) is 6.31. The molecule has 0 bridgehead atoms. The summed E-state index contributed by atoms with van der Waals surface area (Å²) in [6.45, 7) is 5.24. The van der Waals surface area contributed by atoms with Crippen molar-refractivity contribution in [2.45, 2.75) is 50.1 Å². The third-order valence-corrected chi connectivity index (χ3v) is 8.79. The Morgan fingerprint density at radius 2 is 1.89 bits per heavy atom. The number of piperazine rings is 2. The minimum absolute atomic E-state index is 0.0174. The van der Waals surface area contributed by atoms with Crippen LogP contribution in [0.1, 0.15) is 54.4 Å². The lowest BCUT2D eigenvalue weighted by atomic mass is 9.87. The standard InChI is InChI=1S/C28H34N8O2/c37-25-22-7-5-20-15-30-27(33-24(20)36(22)28(18-31-25)9-1-2-10-28)32-23-8-6-21(16-29-23)26(38)35-13-11-34(12-14-35)17-19-3-4-19/h5-8,15-16,19,22H,1-4,9-14,17-18H2,(H,31,37)(H,29,30,32,33). The smallest absolute Gasteiger partial charge is 0.255 e. The average molecular weight is 515 g/mol. The minimum Gasteiger partial charge on any atom is -0.352 e. The Balaban J connectivity index is 1.05. The van der Waals surface area contributed by atoms with Crippen LogP contribution in [0.4, 0.5) is 17.6 Å². The van der Waals surface area contributed by atoms with Crippen molar-refractivity contribution >= 4 is 35.5 Å². The van der Waals surface area contributed by atoms with Gasteiger partial charge in [0.05, 0.1) is 11.1 Å². The van der Waals surface area contributed by atoms with Crippen LogP contribution < -0.4 is 15.5 Å². The second kappa shape index (κ2) is 9.34. The molecule has 0 aromatic carbocycles. The number of pyridine rings is 1. The van der Waals surface area contributed by atoms with Crippen LogP contribution >= 0.6 is 0 Å². The van der Waals surface area contributed by atoms with Gasteiger partial charge in [-0.15, -0.1) is 0 Å². The van der Waals surface area contributed by atoms with Crippen LogP contribution in [0.2, 0.25) is 0 Å². The predicted octanol–water partition coefficient (Wildman–Crippen LogP) is 2.43. The minimum atomic E-state index is -0.351. The number of hydrogen-bond donors (Lipinski definition) is 2. The number of nitrogens with zero attached hydrogens (tertiary/aromatic N) is 6. The lowest BCUT2D eigenvalue weighted by Gasteiger charge is -2.50. The highest BCUT2D eigenvalue weighted by molar-refractivity contribution is 5.94. The molecule has 2 saturated heterocycles. The predicted molar refractivity (Wildman–Crippen MR) is 144 cm³/mol. The fourth-order valence-electron chi connectivity index (χ4n) is 6.47. The molecule has 198 valence electrons. The number of nitrogens with one attached hydrogen (secondary N) is 2. The average Bonchev–Trinajstić information content (AvgIpc) is 3.65. The van der Waals surface area contributed by atoms with E-state index in [0.29, 0.717) is 23.9 Å². The summed E-state index contributed by atoms with van der Waals surface area (Å²) in [6, 6.07) is 3.26. The van der Waals surface area contributed by atoms with Crippen molar-refractivity contribution < 1.29 is 9.59 Å². The van der Waals surface area contributed by atoms with Gasteiger partial charge in [0.25, 0.3) is 5.91 Å². The number of carbonyl (C=O) groups is 2. The van der Waals surface area contributed by atoms with Crippen molar-refractivity contribution in [2.24, 2.45) is 5.92 Å². The fraction of sp³-hybridized carbons (Fsp3) is 0.536. The van der Waals surface area contributed by atoms with Gasteiger partial charge in [-0.2, -0.15) is 4.98 Å². The highest BCUT2D eigenvalue weighted by Crippen LogP contribution is 2.43. The van der Waals surface area contributed by atoms with Crippen LogP contribution in [0, 0.1) is 5.92 Å². The van der Waals surface area contributed by atoms with Crippen LogP contribution in [-0.2, 0) is 4.79 Å². The number of carbonyl (C=O) groups excluding carboxylic acids is 2. The zero-order valence-electron chi connectivity index (χ0n) is 21.6. The largest absolute Gasteiger partial charge is 0.352 e. The van der Waals surface area contributed by atoms with Crippen molar-refractivity contribution in [1.29, 1.82) is 0 Å². The summed E-state index contributed by atoms with van der Waals surface area (Å²) in [5.41, 5.74) is 1.40. The zero-order valence-corrected chi connectivity index (χ0v) is 21.6. The lowest BCUT2D eigenvalue weighted by molar-refractivity contribution is -0.123. The molecular formula is C28H34N8O2. The van der Waals surface area contributed by atoms with Gasteiger partial charge in [-0.25, -0.2) is 9.97 Å². The highest BCUT2D eigenvalue weighted by atomic mass is 16.2. The fourth-order valence-corrected chi connectivity index (χ4v) is 6.47.